The van der Waals surface area contributed by atoms with Gasteiger partial charge in [-0.3, -0.25) is 0 Å². The van der Waals surface area contributed by atoms with Crippen LogP contribution in [0.4, 0.5) is 0 Å². The molecule has 4 heteroatoms. The van der Waals surface area contributed by atoms with Gasteiger partial charge in [0.05, 0.1) is 0 Å². The average molecular weight is 798 g/mol. The van der Waals surface area contributed by atoms with Crippen molar-refractivity contribution < 1.29 is 0 Å². The number of hydrogen-bond donors (Lipinski definition) is 1. The van der Waals surface area contributed by atoms with E-state index in [0.717, 1.165) is 4.47 Å². The van der Waals surface area contributed by atoms with Gasteiger partial charge in [0.1, 0.15) is 0 Å². The number of thiol groups is 1. The van der Waals surface area contributed by atoms with Crippen LogP contribution in [0.5, 0.6) is 0 Å². The minimum atomic E-state index is 1.16. The fourth-order valence-corrected chi connectivity index (χ4v) is 8.33. The van der Waals surface area contributed by atoms with Crippen LogP contribution in [0.2, 0.25) is 0 Å². The number of halogens is 1. The number of nitrogens with zero attached hydrogens (tertiary/aromatic N) is 1. The molecular formula is C52H36BBrNS. The molecule has 0 N–H and O–H groups in total. The van der Waals surface area contributed by atoms with Crippen LogP contribution in [0.3, 0.4) is 0 Å². The topological polar surface area (TPSA) is 12.4 Å². The molecule has 0 aromatic heterocycles. The van der Waals surface area contributed by atoms with Crippen LogP contribution in [0.1, 0.15) is 0 Å². The first kappa shape index (κ1) is 36.9. The van der Waals surface area contributed by atoms with Crippen molar-refractivity contribution >= 4 is 79.5 Å². The second-order valence-corrected chi connectivity index (χ2v) is 14.5. The molecule has 0 unspecified atom stereocenters. The zero-order chi connectivity index (χ0) is 38.3. The second kappa shape index (κ2) is 17.2. The Morgan fingerprint density at radius 1 is 0.321 bits per heavy atom. The van der Waals surface area contributed by atoms with E-state index in [-0.39, 0.29) is 0 Å². The summed E-state index contributed by atoms with van der Waals surface area (Å²) < 4.78 is 3.85. The van der Waals surface area contributed by atoms with E-state index in [1.54, 1.807) is 0 Å². The molecule has 10 aromatic carbocycles. The van der Waals surface area contributed by atoms with Crippen molar-refractivity contribution in [2.75, 3.05) is 0 Å². The predicted molar refractivity (Wildman–Crippen MR) is 250 cm³/mol. The number of rotatable bonds is 4. The maximum atomic E-state index is 4.34. The summed E-state index contributed by atoms with van der Waals surface area (Å²) in [4.78, 5) is 0. The van der Waals surface area contributed by atoms with Crippen molar-refractivity contribution in [3.8, 4) is 44.5 Å². The second-order valence-electron chi connectivity index (χ2n) is 13.5. The molecule has 0 aliphatic carbocycles. The first-order chi connectivity index (χ1) is 27.6. The Morgan fingerprint density at radius 3 is 1.25 bits per heavy atom. The van der Waals surface area contributed by atoms with Gasteiger partial charge < -0.3 is 0 Å². The van der Waals surface area contributed by atoms with E-state index in [2.05, 4.69) is 253 Å². The maximum absolute atomic E-state index is 4.34. The Labute approximate surface area is 343 Å². The van der Waals surface area contributed by atoms with E-state index >= 15 is 0 Å². The van der Waals surface area contributed by atoms with Crippen LogP contribution in [0.15, 0.2) is 221 Å². The largest absolute Gasteiger partial charge is 0.0622 e. The molecule has 0 atom stereocenters. The quantitative estimate of drug-likeness (QED) is 0.103. The average Bonchev–Trinajstić information content (AvgIpc) is 3.27. The molecule has 0 fully saturated rings. The Morgan fingerprint density at radius 2 is 0.696 bits per heavy atom. The third-order valence-electron chi connectivity index (χ3n) is 10.2. The number of fused-ring (bicyclic) bond motifs is 4. The summed E-state index contributed by atoms with van der Waals surface area (Å²) in [5.74, 6) is 0. The SMILES string of the molecule is Brc1c2ccccc2c(-c2ccccc2)c2cc(-c3ccccc3)ccc12.[B]=NS.c1ccc(-c2ccc3cc4ccccc4c(-c4ccccc4)c3c2)cc1. The molecule has 10 aromatic rings. The molecule has 1 nitrogen and oxygen atoms in total. The molecule has 0 amide bonds. The summed E-state index contributed by atoms with van der Waals surface area (Å²) in [6.45, 7) is 0. The Hall–Kier alpha value is -6.07. The smallest absolute Gasteiger partial charge is 0.00266 e. The van der Waals surface area contributed by atoms with Gasteiger partial charge in [0, 0.05) is 4.47 Å². The van der Waals surface area contributed by atoms with Crippen molar-refractivity contribution in [1.82, 2.24) is 0 Å². The van der Waals surface area contributed by atoms with Gasteiger partial charge in [-0.1, -0.05) is 194 Å². The summed E-state index contributed by atoms with van der Waals surface area (Å²) in [6, 6.07) is 75.7. The van der Waals surface area contributed by atoms with Crippen LogP contribution in [0.25, 0.3) is 87.6 Å². The standard InChI is InChI=1S/C26H17Br.C26H18.BHNS/c27-26-22-14-8-7-13-21(22)25(19-11-5-2-6-12-19)24-17-20(15-16-23(24)26)18-9-3-1-4-10-18;1-3-9-19(10-4-1)21-15-16-23-17-22-13-7-8-14-24(22)26(25(23)18-21)20-11-5-2-6-12-20;1-2-3/h1-17H;1-18H;3H. The van der Waals surface area contributed by atoms with Crippen LogP contribution in [-0.4, -0.2) is 7.64 Å². The van der Waals surface area contributed by atoms with Crippen LogP contribution >= 0.6 is 28.7 Å². The molecule has 265 valence electrons. The van der Waals surface area contributed by atoms with Gasteiger partial charge in [-0.2, -0.15) is 0 Å². The number of benzene rings is 10. The maximum Gasteiger partial charge on any atom is -0.00266 e. The van der Waals surface area contributed by atoms with E-state index < -0.39 is 0 Å². The summed E-state index contributed by atoms with van der Waals surface area (Å²) >= 11 is 7.06. The molecule has 56 heavy (non-hydrogen) atoms. The summed E-state index contributed by atoms with van der Waals surface area (Å²) in [7, 11) is 4.34. The molecular weight excluding hydrogens is 761 g/mol. The fraction of sp³-hybridized carbons (Fsp3) is 0. The van der Waals surface area contributed by atoms with Gasteiger partial charge in [0.15, 0.2) is 0 Å². The third kappa shape index (κ3) is 7.59. The van der Waals surface area contributed by atoms with E-state index in [1.807, 2.05) is 0 Å². The van der Waals surface area contributed by atoms with Gasteiger partial charge in [-0.25, -0.2) is 0 Å². The van der Waals surface area contributed by atoms with E-state index in [9.17, 15) is 0 Å². The van der Waals surface area contributed by atoms with Crippen molar-refractivity contribution in [1.29, 1.82) is 0 Å². The molecule has 0 saturated heterocycles. The molecule has 0 aliphatic rings. The third-order valence-corrected chi connectivity index (χ3v) is 11.0. The van der Waals surface area contributed by atoms with Crippen LogP contribution in [0, 0.1) is 0 Å². The number of hydrogen-bond acceptors (Lipinski definition) is 2. The Kier molecular flexibility index (Phi) is 11.3. The van der Waals surface area contributed by atoms with E-state index in [0.29, 0.717) is 0 Å². The summed E-state index contributed by atoms with van der Waals surface area (Å²) in [6.07, 6.45) is 0. The zero-order valence-electron chi connectivity index (χ0n) is 30.6. The Bertz CT molecular complexity index is 2940. The zero-order valence-corrected chi connectivity index (χ0v) is 33.0. The van der Waals surface area contributed by atoms with Gasteiger partial charge in [0.2, 0.25) is 0 Å². The molecule has 0 spiro atoms. The van der Waals surface area contributed by atoms with Crippen molar-refractivity contribution in [3.63, 3.8) is 0 Å². The fourth-order valence-electron chi connectivity index (χ4n) is 7.64. The van der Waals surface area contributed by atoms with Crippen molar-refractivity contribution in [2.45, 2.75) is 0 Å². The Balaban J connectivity index is 0.000000147. The first-order valence-electron chi connectivity index (χ1n) is 18.5. The minimum absolute atomic E-state index is 1.16. The van der Waals surface area contributed by atoms with Crippen molar-refractivity contribution in [3.05, 3.63) is 217 Å². The van der Waals surface area contributed by atoms with E-state index in [1.165, 1.54) is 87.6 Å². The molecule has 0 heterocycles. The van der Waals surface area contributed by atoms with Gasteiger partial charge in [0.25, 0.3) is 0 Å². The summed E-state index contributed by atoms with van der Waals surface area (Å²) in [5, 5.41) is 10.2. The molecule has 10 rings (SSSR count). The van der Waals surface area contributed by atoms with Gasteiger partial charge >= 0.3 is 24.8 Å². The molecule has 1 radical (unpaired) electrons. The van der Waals surface area contributed by atoms with Crippen molar-refractivity contribution in [2.24, 2.45) is 4.30 Å². The van der Waals surface area contributed by atoms with Gasteiger partial charge in [-0.05, 0) is 122 Å². The first-order valence-corrected chi connectivity index (χ1v) is 19.7. The molecule has 0 bridgehead atoms. The summed E-state index contributed by atoms with van der Waals surface area (Å²) in [5.41, 5.74) is 10.1. The van der Waals surface area contributed by atoms with Gasteiger partial charge in [-0.15, -0.1) is 0 Å². The van der Waals surface area contributed by atoms with Crippen LogP contribution in [-0.2, 0) is 0 Å². The van der Waals surface area contributed by atoms with Crippen LogP contribution < -0.4 is 0 Å². The normalized spacial score (nSPS) is 10.7. The predicted octanol–water partition coefficient (Wildman–Crippen LogP) is 15.6. The monoisotopic (exact) mass is 796 g/mol. The molecule has 0 aliphatic heterocycles. The molecule has 0 saturated carbocycles. The van der Waals surface area contributed by atoms with E-state index in [4.69, 9.17) is 0 Å². The minimum Gasteiger partial charge on any atom is -0.0622 e.